The minimum absolute atomic E-state index is 0.365. The number of phenolic OH excluding ortho intramolecular Hbond substituents is 1. The summed E-state index contributed by atoms with van der Waals surface area (Å²) in [5.41, 5.74) is 5.97. The maximum absolute atomic E-state index is 10.8. The number of hydrogen-bond acceptors (Lipinski definition) is 4. The Labute approximate surface area is 167 Å². The fourth-order valence-corrected chi connectivity index (χ4v) is 4.94. The average Bonchev–Trinajstić information content (AvgIpc) is 3.57. The molecule has 2 fully saturated rings. The van der Waals surface area contributed by atoms with E-state index in [0.29, 0.717) is 11.7 Å². The number of anilines is 1. The zero-order chi connectivity index (χ0) is 18.9. The van der Waals surface area contributed by atoms with Crippen molar-refractivity contribution < 1.29 is 5.11 Å². The van der Waals surface area contributed by atoms with E-state index in [1.54, 1.807) is 0 Å². The van der Waals surface area contributed by atoms with Crippen LogP contribution in [0.4, 0.5) is 5.82 Å². The van der Waals surface area contributed by atoms with Crippen LogP contribution >= 0.6 is 0 Å². The summed E-state index contributed by atoms with van der Waals surface area (Å²) in [6.07, 6.45) is 9.73. The zero-order valence-corrected chi connectivity index (χ0v) is 16.6. The van der Waals surface area contributed by atoms with Crippen LogP contribution < -0.4 is 10.6 Å². The fraction of sp³-hybridized carbons (Fsp3) is 0.542. The Balaban J connectivity index is 1.58. The van der Waals surface area contributed by atoms with Crippen LogP contribution in [0.5, 0.6) is 5.75 Å². The number of piperidine rings is 1. The van der Waals surface area contributed by atoms with Crippen LogP contribution in [0.2, 0.25) is 0 Å². The molecule has 2 aliphatic heterocycles. The standard InChI is InChI=1S/C24H31N3O/c28-22-7-1-4-17(11-10-16-8-9-16)23(22)21-14-20(18-5-2-12-25-15-18)19-6-3-13-26-24(19)27-21/h1,4,7,14,16,18,25,28H,2-3,5-6,8-13,15H2,(H,26,27). The topological polar surface area (TPSA) is 57.2 Å². The molecular weight excluding hydrogens is 346 g/mol. The average molecular weight is 378 g/mol. The molecule has 1 unspecified atom stereocenters. The Bertz CT molecular complexity index is 853. The second-order valence-corrected chi connectivity index (χ2v) is 8.79. The van der Waals surface area contributed by atoms with Crippen molar-refractivity contribution in [2.24, 2.45) is 5.92 Å². The van der Waals surface area contributed by atoms with Crippen LogP contribution in [0, 0.1) is 5.92 Å². The molecule has 3 N–H and O–H groups in total. The molecule has 1 aromatic carbocycles. The number of aryl methyl sites for hydroxylation is 1. The number of nitrogens with one attached hydrogen (secondary N) is 2. The molecule has 4 nitrogen and oxygen atoms in total. The minimum Gasteiger partial charge on any atom is -0.507 e. The number of aromatic hydroxyl groups is 1. The van der Waals surface area contributed by atoms with Crippen molar-refractivity contribution in [2.45, 2.75) is 57.3 Å². The second kappa shape index (κ2) is 7.75. The molecule has 0 radical (unpaired) electrons. The molecular formula is C24H31N3O. The predicted octanol–water partition coefficient (Wildman–Crippen LogP) is 4.62. The van der Waals surface area contributed by atoms with E-state index in [4.69, 9.17) is 4.98 Å². The van der Waals surface area contributed by atoms with Crippen molar-refractivity contribution in [1.82, 2.24) is 10.3 Å². The van der Waals surface area contributed by atoms with Crippen LogP contribution in [-0.4, -0.2) is 29.7 Å². The SMILES string of the molecule is Oc1cccc(CCC2CC2)c1-c1cc(C2CCCNC2)c2c(n1)NCCC2. The summed E-state index contributed by atoms with van der Waals surface area (Å²) in [6, 6.07) is 8.25. The van der Waals surface area contributed by atoms with Gasteiger partial charge in [-0.2, -0.15) is 0 Å². The lowest BCUT2D eigenvalue weighted by Crippen LogP contribution is -2.29. The first-order chi connectivity index (χ1) is 13.8. The minimum atomic E-state index is 0.365. The van der Waals surface area contributed by atoms with Gasteiger partial charge in [0.2, 0.25) is 0 Å². The van der Waals surface area contributed by atoms with Crippen molar-refractivity contribution in [3.8, 4) is 17.0 Å². The van der Waals surface area contributed by atoms with Crippen molar-refractivity contribution in [1.29, 1.82) is 0 Å². The first-order valence-electron chi connectivity index (χ1n) is 11.1. The van der Waals surface area contributed by atoms with E-state index >= 15 is 0 Å². The van der Waals surface area contributed by atoms with Gasteiger partial charge in [-0.15, -0.1) is 0 Å². The number of pyridine rings is 1. The fourth-order valence-electron chi connectivity index (χ4n) is 4.94. The van der Waals surface area contributed by atoms with E-state index in [9.17, 15) is 5.11 Å². The number of nitrogens with zero attached hydrogens (tertiary/aromatic N) is 1. The van der Waals surface area contributed by atoms with Gasteiger partial charge in [0.05, 0.1) is 5.69 Å². The van der Waals surface area contributed by atoms with Gasteiger partial charge in [0, 0.05) is 18.7 Å². The molecule has 4 heteroatoms. The predicted molar refractivity (Wildman–Crippen MR) is 114 cm³/mol. The molecule has 1 atom stereocenters. The maximum atomic E-state index is 10.8. The number of benzene rings is 1. The van der Waals surface area contributed by atoms with Gasteiger partial charge in [0.15, 0.2) is 0 Å². The summed E-state index contributed by atoms with van der Waals surface area (Å²) in [6.45, 7) is 3.16. The Morgan fingerprint density at radius 3 is 2.86 bits per heavy atom. The molecule has 0 amide bonds. The van der Waals surface area contributed by atoms with E-state index in [2.05, 4.69) is 22.8 Å². The number of fused-ring (bicyclic) bond motifs is 1. The normalized spacial score (nSPS) is 21.8. The van der Waals surface area contributed by atoms with Gasteiger partial charge in [-0.05, 0) is 85.7 Å². The van der Waals surface area contributed by atoms with E-state index in [1.807, 2.05) is 12.1 Å². The largest absolute Gasteiger partial charge is 0.507 e. The molecule has 0 bridgehead atoms. The van der Waals surface area contributed by atoms with Crippen LogP contribution in [0.25, 0.3) is 11.3 Å². The van der Waals surface area contributed by atoms with Crippen LogP contribution in [0.1, 0.15) is 61.1 Å². The molecule has 5 rings (SSSR count). The smallest absolute Gasteiger partial charge is 0.130 e. The molecule has 1 aromatic heterocycles. The summed E-state index contributed by atoms with van der Waals surface area (Å²) in [4.78, 5) is 5.01. The number of phenols is 1. The molecule has 28 heavy (non-hydrogen) atoms. The molecule has 3 aliphatic rings. The molecule has 0 spiro atoms. The molecule has 1 saturated carbocycles. The first-order valence-corrected chi connectivity index (χ1v) is 11.1. The van der Waals surface area contributed by atoms with E-state index in [0.717, 1.165) is 55.5 Å². The Morgan fingerprint density at radius 1 is 1.11 bits per heavy atom. The summed E-state index contributed by atoms with van der Waals surface area (Å²) < 4.78 is 0. The third-order valence-corrected chi connectivity index (χ3v) is 6.70. The lowest BCUT2D eigenvalue weighted by atomic mass is 9.85. The first kappa shape index (κ1) is 18.0. The quantitative estimate of drug-likeness (QED) is 0.711. The van der Waals surface area contributed by atoms with Gasteiger partial charge in [0.25, 0.3) is 0 Å². The summed E-state index contributed by atoms with van der Waals surface area (Å²) in [5, 5.41) is 17.9. The van der Waals surface area contributed by atoms with Crippen LogP contribution in [0.15, 0.2) is 24.3 Å². The summed E-state index contributed by atoms with van der Waals surface area (Å²) in [7, 11) is 0. The lowest BCUT2D eigenvalue weighted by molar-refractivity contribution is 0.458. The summed E-state index contributed by atoms with van der Waals surface area (Å²) in [5.74, 6) is 2.84. The van der Waals surface area contributed by atoms with Crippen molar-refractivity contribution in [2.75, 3.05) is 25.0 Å². The number of hydrogen-bond donors (Lipinski definition) is 3. The van der Waals surface area contributed by atoms with Crippen molar-refractivity contribution in [3.63, 3.8) is 0 Å². The highest BCUT2D eigenvalue weighted by Gasteiger charge is 2.26. The molecule has 1 aliphatic carbocycles. The Hall–Kier alpha value is -2.07. The van der Waals surface area contributed by atoms with Gasteiger partial charge in [0.1, 0.15) is 11.6 Å². The number of rotatable bonds is 5. The summed E-state index contributed by atoms with van der Waals surface area (Å²) >= 11 is 0. The van der Waals surface area contributed by atoms with Gasteiger partial charge >= 0.3 is 0 Å². The molecule has 148 valence electrons. The van der Waals surface area contributed by atoms with E-state index in [-0.39, 0.29) is 0 Å². The maximum Gasteiger partial charge on any atom is 0.130 e. The highest BCUT2D eigenvalue weighted by atomic mass is 16.3. The van der Waals surface area contributed by atoms with Gasteiger partial charge in [-0.1, -0.05) is 25.0 Å². The highest BCUT2D eigenvalue weighted by molar-refractivity contribution is 5.74. The monoisotopic (exact) mass is 377 g/mol. The molecule has 1 saturated heterocycles. The van der Waals surface area contributed by atoms with Gasteiger partial charge in [-0.25, -0.2) is 4.98 Å². The van der Waals surface area contributed by atoms with Crippen molar-refractivity contribution >= 4 is 5.82 Å². The third-order valence-electron chi connectivity index (χ3n) is 6.70. The highest BCUT2D eigenvalue weighted by Crippen LogP contribution is 2.40. The van der Waals surface area contributed by atoms with Crippen molar-refractivity contribution in [3.05, 3.63) is 41.0 Å². The van der Waals surface area contributed by atoms with Crippen LogP contribution in [0.3, 0.4) is 0 Å². The number of aromatic nitrogens is 1. The van der Waals surface area contributed by atoms with Crippen LogP contribution in [-0.2, 0) is 12.8 Å². The van der Waals surface area contributed by atoms with Gasteiger partial charge < -0.3 is 15.7 Å². The third kappa shape index (κ3) is 3.62. The lowest BCUT2D eigenvalue weighted by Gasteiger charge is -2.29. The second-order valence-electron chi connectivity index (χ2n) is 8.79. The molecule has 2 aromatic rings. The Morgan fingerprint density at radius 2 is 2.04 bits per heavy atom. The van der Waals surface area contributed by atoms with E-state index in [1.165, 1.54) is 55.2 Å². The van der Waals surface area contributed by atoms with Gasteiger partial charge in [-0.3, -0.25) is 0 Å². The van der Waals surface area contributed by atoms with E-state index < -0.39 is 0 Å². The Kier molecular flexibility index (Phi) is 4.98. The molecule has 3 heterocycles. The zero-order valence-electron chi connectivity index (χ0n) is 16.6.